The van der Waals surface area contributed by atoms with Crippen LogP contribution in [-0.4, -0.2) is 56.8 Å². The number of halogens is 1. The average Bonchev–Trinajstić information content (AvgIpc) is 3.50. The summed E-state index contributed by atoms with van der Waals surface area (Å²) in [5, 5.41) is 14.5. The van der Waals surface area contributed by atoms with Gasteiger partial charge >= 0.3 is 0 Å². The second kappa shape index (κ2) is 9.88. The monoisotopic (exact) mass is 436 g/mol. The maximum Gasteiger partial charge on any atom is 0.253 e. The van der Waals surface area contributed by atoms with Crippen LogP contribution in [0.4, 0.5) is 4.39 Å². The Bertz CT molecular complexity index is 1080. The lowest BCUT2D eigenvalue weighted by Crippen LogP contribution is -2.28. The van der Waals surface area contributed by atoms with E-state index in [2.05, 4.69) is 25.6 Å². The van der Waals surface area contributed by atoms with Gasteiger partial charge in [-0.25, -0.2) is 9.07 Å². The summed E-state index contributed by atoms with van der Waals surface area (Å²) in [6.07, 6.45) is 2.28. The number of hydrogen-bond acceptors (Lipinski definition) is 6. The SMILES string of the molecule is [N-]=[N+]=NC(COc1ccc(C(=O)N2CCC(c3ccc(F)cc3)C2)cc1)Cn1cnnn1. The number of azide groups is 1. The third kappa shape index (κ3) is 5.19. The Kier molecular flexibility index (Phi) is 6.57. The average molecular weight is 436 g/mol. The number of amides is 1. The van der Waals surface area contributed by atoms with E-state index in [0.717, 1.165) is 12.0 Å². The van der Waals surface area contributed by atoms with Crippen LogP contribution < -0.4 is 4.74 Å². The lowest BCUT2D eigenvalue weighted by atomic mass is 9.99. The first kappa shape index (κ1) is 21.3. The van der Waals surface area contributed by atoms with Crippen molar-refractivity contribution in [3.63, 3.8) is 0 Å². The Hall–Kier alpha value is -3.98. The van der Waals surface area contributed by atoms with Gasteiger partial charge in [0.05, 0.1) is 19.2 Å². The number of carbonyl (C=O) groups excluding carboxylic acids is 1. The first-order chi connectivity index (χ1) is 15.6. The van der Waals surface area contributed by atoms with Gasteiger partial charge < -0.3 is 9.64 Å². The highest BCUT2D eigenvalue weighted by molar-refractivity contribution is 5.94. The Morgan fingerprint density at radius 2 is 2.03 bits per heavy atom. The minimum atomic E-state index is -0.488. The molecule has 0 bridgehead atoms. The van der Waals surface area contributed by atoms with E-state index in [4.69, 9.17) is 10.3 Å². The predicted molar refractivity (Wildman–Crippen MR) is 112 cm³/mol. The molecule has 1 aliphatic heterocycles. The van der Waals surface area contributed by atoms with Crippen molar-refractivity contribution < 1.29 is 13.9 Å². The highest BCUT2D eigenvalue weighted by Gasteiger charge is 2.28. The van der Waals surface area contributed by atoms with Crippen molar-refractivity contribution >= 4 is 5.91 Å². The number of carbonyl (C=O) groups is 1. The van der Waals surface area contributed by atoms with Crippen LogP contribution in [0.15, 0.2) is 60.0 Å². The number of aromatic nitrogens is 4. The summed E-state index contributed by atoms with van der Waals surface area (Å²) in [5.41, 5.74) is 10.4. The zero-order valence-corrected chi connectivity index (χ0v) is 17.2. The molecule has 164 valence electrons. The molecule has 32 heavy (non-hydrogen) atoms. The first-order valence-corrected chi connectivity index (χ1v) is 10.1. The summed E-state index contributed by atoms with van der Waals surface area (Å²) in [6, 6.07) is 12.8. The van der Waals surface area contributed by atoms with Crippen LogP contribution in [0.25, 0.3) is 10.4 Å². The van der Waals surface area contributed by atoms with E-state index in [-0.39, 0.29) is 30.8 Å². The van der Waals surface area contributed by atoms with Gasteiger partial charge in [-0.05, 0) is 64.3 Å². The molecule has 1 aliphatic rings. The van der Waals surface area contributed by atoms with Crippen molar-refractivity contribution in [3.8, 4) is 5.75 Å². The van der Waals surface area contributed by atoms with Crippen LogP contribution >= 0.6 is 0 Å². The van der Waals surface area contributed by atoms with Crippen molar-refractivity contribution in [1.82, 2.24) is 25.1 Å². The predicted octanol–water partition coefficient (Wildman–Crippen LogP) is 3.20. The van der Waals surface area contributed by atoms with E-state index < -0.39 is 6.04 Å². The minimum absolute atomic E-state index is 0.0493. The molecule has 2 atom stereocenters. The number of tetrazole rings is 1. The number of ether oxygens (including phenoxy) is 1. The Morgan fingerprint density at radius 1 is 1.25 bits per heavy atom. The number of nitrogens with zero attached hydrogens (tertiary/aromatic N) is 8. The van der Waals surface area contributed by atoms with Crippen molar-refractivity contribution in [2.24, 2.45) is 5.11 Å². The van der Waals surface area contributed by atoms with Crippen LogP contribution in [-0.2, 0) is 6.54 Å². The van der Waals surface area contributed by atoms with Gasteiger partial charge in [-0.3, -0.25) is 4.79 Å². The molecule has 11 heteroatoms. The van der Waals surface area contributed by atoms with Crippen LogP contribution in [0.5, 0.6) is 5.75 Å². The summed E-state index contributed by atoms with van der Waals surface area (Å²) in [6.45, 7) is 1.69. The second-order valence-corrected chi connectivity index (χ2v) is 7.51. The van der Waals surface area contributed by atoms with Gasteiger partial charge in [-0.1, -0.05) is 17.2 Å². The molecule has 3 aromatic rings. The fourth-order valence-electron chi connectivity index (χ4n) is 3.70. The smallest absolute Gasteiger partial charge is 0.253 e. The summed E-state index contributed by atoms with van der Waals surface area (Å²) in [5.74, 6) is 0.455. The van der Waals surface area contributed by atoms with Crippen molar-refractivity contribution in [2.75, 3.05) is 19.7 Å². The van der Waals surface area contributed by atoms with E-state index in [1.165, 1.54) is 23.1 Å². The van der Waals surface area contributed by atoms with Crippen molar-refractivity contribution in [1.29, 1.82) is 0 Å². The second-order valence-electron chi connectivity index (χ2n) is 7.51. The molecule has 0 radical (unpaired) electrons. The molecule has 1 fully saturated rings. The van der Waals surface area contributed by atoms with Crippen LogP contribution in [0.2, 0.25) is 0 Å². The molecule has 2 heterocycles. The zero-order chi connectivity index (χ0) is 22.3. The largest absolute Gasteiger partial charge is 0.493 e. The Balaban J connectivity index is 1.32. The molecule has 1 amide bonds. The van der Waals surface area contributed by atoms with E-state index in [0.29, 0.717) is 24.4 Å². The lowest BCUT2D eigenvalue weighted by molar-refractivity contribution is 0.0790. The molecule has 2 aromatic carbocycles. The quantitative estimate of drug-likeness (QED) is 0.305. The third-order valence-corrected chi connectivity index (χ3v) is 5.36. The molecule has 0 saturated carbocycles. The molecule has 10 nitrogen and oxygen atoms in total. The summed E-state index contributed by atoms with van der Waals surface area (Å²) in [4.78, 5) is 17.5. The molecular formula is C21H21FN8O2. The summed E-state index contributed by atoms with van der Waals surface area (Å²) in [7, 11) is 0. The van der Waals surface area contributed by atoms with Crippen LogP contribution in [0.1, 0.15) is 28.3 Å². The maximum atomic E-state index is 13.1. The molecule has 0 aliphatic carbocycles. The Labute approximate surface area is 183 Å². The van der Waals surface area contributed by atoms with Crippen molar-refractivity contribution in [3.05, 3.63) is 82.2 Å². The third-order valence-electron chi connectivity index (χ3n) is 5.36. The number of benzene rings is 2. The van der Waals surface area contributed by atoms with Gasteiger partial charge in [0.2, 0.25) is 0 Å². The van der Waals surface area contributed by atoms with E-state index in [1.807, 2.05) is 4.90 Å². The lowest BCUT2D eigenvalue weighted by Gasteiger charge is -2.17. The van der Waals surface area contributed by atoms with E-state index in [9.17, 15) is 9.18 Å². The molecule has 1 aromatic heterocycles. The zero-order valence-electron chi connectivity index (χ0n) is 17.2. The number of rotatable bonds is 8. The summed E-state index contributed by atoms with van der Waals surface area (Å²) >= 11 is 0. The molecule has 2 unspecified atom stereocenters. The van der Waals surface area contributed by atoms with Gasteiger partial charge in [0.15, 0.2) is 0 Å². The molecule has 1 saturated heterocycles. The van der Waals surface area contributed by atoms with Gasteiger partial charge in [-0.2, -0.15) is 0 Å². The van der Waals surface area contributed by atoms with Crippen LogP contribution in [0.3, 0.4) is 0 Å². The fourth-order valence-corrected chi connectivity index (χ4v) is 3.70. The van der Waals surface area contributed by atoms with Gasteiger partial charge in [-0.15, -0.1) is 5.10 Å². The summed E-state index contributed by atoms with van der Waals surface area (Å²) < 4.78 is 20.3. The fraction of sp³-hybridized carbons (Fsp3) is 0.333. The van der Waals surface area contributed by atoms with Gasteiger partial charge in [0.1, 0.15) is 17.9 Å². The Morgan fingerprint density at radius 3 is 2.72 bits per heavy atom. The van der Waals surface area contributed by atoms with E-state index in [1.54, 1.807) is 36.4 Å². The normalized spacial score (nSPS) is 16.4. The standard InChI is InChI=1S/C21H21FN8O2/c22-18-5-1-15(2-6-18)17-9-10-29(11-17)21(31)16-3-7-20(8-4-16)32-13-19(25-26-23)12-30-14-24-27-28-30/h1-8,14,17,19H,9-13H2. The minimum Gasteiger partial charge on any atom is -0.493 e. The number of hydrogen-bond donors (Lipinski definition) is 0. The van der Waals surface area contributed by atoms with Gasteiger partial charge in [0, 0.05) is 29.5 Å². The van der Waals surface area contributed by atoms with Crippen LogP contribution in [0, 0.1) is 5.82 Å². The molecule has 0 spiro atoms. The molecular weight excluding hydrogens is 415 g/mol. The van der Waals surface area contributed by atoms with E-state index >= 15 is 0 Å². The highest BCUT2D eigenvalue weighted by Crippen LogP contribution is 2.28. The topological polar surface area (TPSA) is 122 Å². The first-order valence-electron chi connectivity index (χ1n) is 10.1. The van der Waals surface area contributed by atoms with Gasteiger partial charge in [0.25, 0.3) is 5.91 Å². The maximum absolute atomic E-state index is 13.1. The molecule has 0 N–H and O–H groups in total. The molecule has 4 rings (SSSR count). The number of likely N-dealkylation sites (tertiary alicyclic amines) is 1. The van der Waals surface area contributed by atoms with Crippen molar-refractivity contribution in [2.45, 2.75) is 24.9 Å². The highest BCUT2D eigenvalue weighted by atomic mass is 19.1.